The smallest absolute Gasteiger partial charge is 1.00 e. The van der Waals surface area contributed by atoms with Crippen molar-refractivity contribution in [1.82, 2.24) is 0 Å². The molecule has 0 bridgehead atoms. The van der Waals surface area contributed by atoms with E-state index >= 15 is 0 Å². The molecule has 1 aliphatic rings. The zero-order valence-electron chi connectivity index (χ0n) is 21.9. The van der Waals surface area contributed by atoms with Gasteiger partial charge in [0.05, 0.1) is 0 Å². The minimum Gasteiger partial charge on any atom is -1.00 e. The minimum absolute atomic E-state index is 0. The van der Waals surface area contributed by atoms with Gasteiger partial charge in [-0.3, -0.25) is 4.79 Å². The number of benzene rings is 4. The fraction of sp³-hybridized carbons (Fsp3) is 0.118. The molecule has 1 N–H and O–H groups in total. The van der Waals surface area contributed by atoms with Crippen LogP contribution in [0, 0.1) is 6.92 Å². The van der Waals surface area contributed by atoms with Crippen molar-refractivity contribution in [1.29, 1.82) is 0 Å². The van der Waals surface area contributed by atoms with Gasteiger partial charge in [-0.25, -0.2) is 0 Å². The molecule has 0 heterocycles. The van der Waals surface area contributed by atoms with Gasteiger partial charge in [-0.1, -0.05) is 128 Å². The zero-order chi connectivity index (χ0) is 25.5. The van der Waals surface area contributed by atoms with Gasteiger partial charge >= 0.3 is 23.1 Å². The van der Waals surface area contributed by atoms with Gasteiger partial charge in [0.2, 0.25) is 0 Å². The molecule has 0 aliphatic heterocycles. The maximum Gasteiger partial charge on any atom is 2.00 e. The Bertz CT molecular complexity index is 1480. The third-order valence-corrected chi connectivity index (χ3v) is 6.62. The van der Waals surface area contributed by atoms with E-state index in [9.17, 15) is 9.90 Å². The van der Waals surface area contributed by atoms with E-state index in [0.717, 1.165) is 43.8 Å². The second-order valence-corrected chi connectivity index (χ2v) is 8.56. The van der Waals surface area contributed by atoms with Gasteiger partial charge in [0.1, 0.15) is 5.60 Å². The van der Waals surface area contributed by atoms with Gasteiger partial charge in [0.15, 0.2) is 5.43 Å². The zero-order valence-corrected chi connectivity index (χ0v) is 24.9. The molecule has 0 aromatic heterocycles. The summed E-state index contributed by atoms with van der Waals surface area (Å²) in [6.07, 6.45) is 4.84. The number of hydrogen-bond donors (Lipinski definition) is 1. The van der Waals surface area contributed by atoms with Crippen LogP contribution in [-0.4, -0.2) is 28.2 Å². The van der Waals surface area contributed by atoms with Crippen LogP contribution < -0.4 is 22.4 Å². The molecule has 0 fully saturated rings. The molecule has 0 atom stereocenters. The van der Waals surface area contributed by atoms with Crippen molar-refractivity contribution in [3.8, 4) is 0 Å². The first-order chi connectivity index (χ1) is 17.6. The molecule has 1 aliphatic carbocycles. The fourth-order valence-electron chi connectivity index (χ4n) is 4.77. The maximum atomic E-state index is 12.3. The summed E-state index contributed by atoms with van der Waals surface area (Å²) < 4.78 is 0. The molecule has 4 heteroatoms. The van der Waals surface area contributed by atoms with E-state index in [1.165, 1.54) is 0 Å². The standard InChI is InChI=1S/C17H16O.C15H10O.C2H5.BrH.Mg/c1-2-17(18)15-9-5-3-7-13(15)11-12-14-8-4-6-10-16(14)17;16-15-13-7-3-1-5-11(13)9-10-12-6-2-4-8-14(12)15;1-2;;/h3-12,18H,2H2,1H3;1-10H;1H2,2H3;1H;/q;;-1;;+2/p-1. The molecule has 2 nitrogen and oxygen atoms in total. The van der Waals surface area contributed by atoms with Crippen LogP contribution in [0.5, 0.6) is 0 Å². The van der Waals surface area contributed by atoms with E-state index in [1.807, 2.05) is 104 Å². The summed E-state index contributed by atoms with van der Waals surface area (Å²) in [5.41, 5.74) is 3.39. The second kappa shape index (κ2) is 14.4. The Balaban J connectivity index is 0.000000240. The summed E-state index contributed by atoms with van der Waals surface area (Å²) in [5, 5.41) is 14.7. The fourth-order valence-corrected chi connectivity index (χ4v) is 4.77. The first-order valence-electron chi connectivity index (χ1n) is 12.3. The van der Waals surface area contributed by atoms with Gasteiger partial charge in [-0.15, -0.1) is 0 Å². The third-order valence-electron chi connectivity index (χ3n) is 6.62. The number of rotatable bonds is 1. The van der Waals surface area contributed by atoms with E-state index in [0.29, 0.717) is 6.42 Å². The molecule has 0 amide bonds. The van der Waals surface area contributed by atoms with Crippen LogP contribution in [0.4, 0.5) is 0 Å². The summed E-state index contributed by atoms with van der Waals surface area (Å²) in [7, 11) is 0. The van der Waals surface area contributed by atoms with Gasteiger partial charge < -0.3 is 29.0 Å². The Morgan fingerprint density at radius 2 is 1.00 bits per heavy atom. The van der Waals surface area contributed by atoms with Crippen molar-refractivity contribution in [3.05, 3.63) is 149 Å². The van der Waals surface area contributed by atoms with Gasteiger partial charge in [-0.05, 0) is 39.4 Å². The second-order valence-electron chi connectivity index (χ2n) is 8.56. The maximum absolute atomic E-state index is 12.3. The molecule has 0 spiro atoms. The first kappa shape index (κ1) is 31.5. The van der Waals surface area contributed by atoms with E-state index in [-0.39, 0.29) is 45.5 Å². The number of fused-ring (bicyclic) bond motifs is 4. The third kappa shape index (κ3) is 6.27. The van der Waals surface area contributed by atoms with Crippen LogP contribution in [0.25, 0.3) is 33.7 Å². The van der Waals surface area contributed by atoms with Crippen LogP contribution in [-0.2, 0) is 5.60 Å². The Labute approximate surface area is 252 Å². The topological polar surface area (TPSA) is 37.3 Å². The van der Waals surface area contributed by atoms with Gasteiger partial charge in [-0.2, -0.15) is 6.92 Å². The predicted molar refractivity (Wildman–Crippen MR) is 160 cm³/mol. The molecule has 6 rings (SSSR count). The molecule has 0 unspecified atom stereocenters. The molecule has 5 aromatic carbocycles. The van der Waals surface area contributed by atoms with E-state index in [2.05, 4.69) is 31.2 Å². The van der Waals surface area contributed by atoms with Crippen LogP contribution >= 0.6 is 0 Å². The van der Waals surface area contributed by atoms with Crippen molar-refractivity contribution in [2.75, 3.05) is 0 Å². The van der Waals surface area contributed by atoms with Crippen molar-refractivity contribution < 1.29 is 22.1 Å². The summed E-state index contributed by atoms with van der Waals surface area (Å²) >= 11 is 0. The van der Waals surface area contributed by atoms with Crippen molar-refractivity contribution >= 4 is 56.7 Å². The van der Waals surface area contributed by atoms with E-state index in [1.54, 1.807) is 6.92 Å². The molecular formula is C34H31BrMgO2. The molecule has 5 aromatic rings. The molecule has 0 saturated heterocycles. The normalized spacial score (nSPS) is 12.1. The largest absolute Gasteiger partial charge is 2.00 e. The van der Waals surface area contributed by atoms with Crippen LogP contribution in [0.1, 0.15) is 42.5 Å². The Morgan fingerprint density at radius 3 is 1.42 bits per heavy atom. The SMILES string of the molecule is CCC1(O)c2ccccc2C=Cc2ccccc21.O=c1c2ccccc2ccc2ccccc12.[Br-].[CH2-]C.[Mg+2]. The monoisotopic (exact) mass is 574 g/mol. The first-order valence-corrected chi connectivity index (χ1v) is 12.3. The molecule has 0 saturated carbocycles. The van der Waals surface area contributed by atoms with Crippen LogP contribution in [0.2, 0.25) is 0 Å². The van der Waals surface area contributed by atoms with E-state index in [4.69, 9.17) is 0 Å². The average Bonchev–Trinajstić information content (AvgIpc) is 3.18. The average molecular weight is 576 g/mol. The summed E-state index contributed by atoms with van der Waals surface area (Å²) in [6, 6.07) is 35.5. The van der Waals surface area contributed by atoms with E-state index < -0.39 is 5.60 Å². The van der Waals surface area contributed by atoms with Crippen molar-refractivity contribution in [3.63, 3.8) is 0 Å². The number of hydrogen-bond acceptors (Lipinski definition) is 2. The van der Waals surface area contributed by atoms with Crippen molar-refractivity contribution in [2.24, 2.45) is 0 Å². The summed E-state index contributed by atoms with van der Waals surface area (Å²) in [4.78, 5) is 12.3. The number of halogens is 1. The molecule has 0 radical (unpaired) electrons. The van der Waals surface area contributed by atoms with Crippen molar-refractivity contribution in [2.45, 2.75) is 25.9 Å². The quantitative estimate of drug-likeness (QED) is 0.234. The minimum atomic E-state index is -0.892. The summed E-state index contributed by atoms with van der Waals surface area (Å²) in [6.45, 7) is 7.03. The van der Waals surface area contributed by atoms with Crippen LogP contribution in [0.3, 0.4) is 0 Å². The molecular weight excluding hydrogens is 545 g/mol. The molecule has 188 valence electrons. The number of aliphatic hydroxyl groups is 1. The Kier molecular flexibility index (Phi) is 11.9. The van der Waals surface area contributed by atoms with Gasteiger partial charge in [0, 0.05) is 10.8 Å². The Hall–Kier alpha value is -2.76. The van der Waals surface area contributed by atoms with Gasteiger partial charge in [0.25, 0.3) is 0 Å². The van der Waals surface area contributed by atoms with Crippen LogP contribution in [0.15, 0.2) is 114 Å². The Morgan fingerprint density at radius 1 is 0.632 bits per heavy atom. The molecule has 38 heavy (non-hydrogen) atoms. The summed E-state index contributed by atoms with van der Waals surface area (Å²) in [5.74, 6) is 0. The predicted octanol–water partition coefficient (Wildman–Crippen LogP) is 4.63.